The number of nitrogens with zero attached hydrogens (tertiary/aromatic N) is 2. The number of methoxy groups -OCH3 is 1. The fourth-order valence-electron chi connectivity index (χ4n) is 3.74. The number of rotatable bonds is 4. The van der Waals surface area contributed by atoms with Gasteiger partial charge in [0.1, 0.15) is 11.6 Å². The van der Waals surface area contributed by atoms with Crippen LogP contribution in [0.15, 0.2) is 29.1 Å². The van der Waals surface area contributed by atoms with Crippen LogP contribution in [-0.4, -0.2) is 42.0 Å². The van der Waals surface area contributed by atoms with Crippen molar-refractivity contribution in [3.63, 3.8) is 0 Å². The molecule has 2 aromatic rings. The van der Waals surface area contributed by atoms with Crippen LogP contribution in [-0.2, 0) is 9.59 Å². The zero-order chi connectivity index (χ0) is 20.4. The van der Waals surface area contributed by atoms with E-state index in [2.05, 4.69) is 20.6 Å². The molecule has 0 spiro atoms. The smallest absolute Gasteiger partial charge is 0.258 e. The molecule has 2 aliphatic heterocycles. The van der Waals surface area contributed by atoms with Gasteiger partial charge < -0.3 is 20.3 Å². The molecule has 1 fully saturated rings. The van der Waals surface area contributed by atoms with E-state index in [0.717, 1.165) is 32.4 Å². The number of piperidine rings is 1. The molecule has 2 aliphatic rings. The highest BCUT2D eigenvalue weighted by atomic mass is 16.5. The second kappa shape index (κ2) is 7.94. The van der Waals surface area contributed by atoms with Crippen molar-refractivity contribution in [1.82, 2.24) is 9.97 Å². The van der Waals surface area contributed by atoms with E-state index in [-0.39, 0.29) is 23.7 Å². The van der Waals surface area contributed by atoms with Gasteiger partial charge in [0.25, 0.3) is 5.56 Å². The average molecular weight is 397 g/mol. The third-order valence-corrected chi connectivity index (χ3v) is 5.27. The Labute approximate surface area is 167 Å². The molecule has 0 saturated carbocycles. The Balaban J connectivity index is 1.61. The van der Waals surface area contributed by atoms with E-state index >= 15 is 0 Å². The molecule has 29 heavy (non-hydrogen) atoms. The summed E-state index contributed by atoms with van der Waals surface area (Å²) >= 11 is 0. The third-order valence-electron chi connectivity index (χ3n) is 5.27. The van der Waals surface area contributed by atoms with Crippen LogP contribution in [0, 0.1) is 0 Å². The Morgan fingerprint density at radius 2 is 1.90 bits per heavy atom. The zero-order valence-corrected chi connectivity index (χ0v) is 16.2. The number of nitrogens with one attached hydrogen (secondary N) is 3. The lowest BCUT2D eigenvalue weighted by Crippen LogP contribution is -2.38. The summed E-state index contributed by atoms with van der Waals surface area (Å²) in [5.74, 6) is -0.409. The van der Waals surface area contributed by atoms with Gasteiger partial charge in [-0.15, -0.1) is 0 Å². The minimum atomic E-state index is -0.910. The van der Waals surface area contributed by atoms with E-state index in [1.54, 1.807) is 31.4 Å². The number of hydrogen-bond acceptors (Lipinski definition) is 6. The Morgan fingerprint density at radius 3 is 2.59 bits per heavy atom. The van der Waals surface area contributed by atoms with Gasteiger partial charge in [0.05, 0.1) is 18.6 Å². The molecule has 0 bridgehead atoms. The monoisotopic (exact) mass is 397 g/mol. The Bertz CT molecular complexity index is 979. The molecule has 2 amide bonds. The van der Waals surface area contributed by atoms with Crippen LogP contribution in [0.25, 0.3) is 0 Å². The molecule has 4 rings (SSSR count). The highest BCUT2D eigenvalue weighted by Gasteiger charge is 2.35. The summed E-state index contributed by atoms with van der Waals surface area (Å²) in [5, 5.41) is 5.41. The van der Waals surface area contributed by atoms with Crippen molar-refractivity contribution in [2.75, 3.05) is 35.7 Å². The largest absolute Gasteiger partial charge is 0.497 e. The van der Waals surface area contributed by atoms with Gasteiger partial charge in [0.2, 0.25) is 17.8 Å². The van der Waals surface area contributed by atoms with E-state index in [4.69, 9.17) is 4.74 Å². The SMILES string of the molecule is COc1ccc(NC(=O)[C@@H]2CC(=O)Nc3nc(N4CCCCC4)[nH]c(=O)c32)cc1. The number of anilines is 3. The van der Waals surface area contributed by atoms with Crippen LogP contribution in [0.1, 0.15) is 37.2 Å². The number of hydrogen-bond donors (Lipinski definition) is 3. The fraction of sp³-hybridized carbons (Fsp3) is 0.400. The van der Waals surface area contributed by atoms with Crippen molar-refractivity contribution in [3.05, 3.63) is 40.2 Å². The summed E-state index contributed by atoms with van der Waals surface area (Å²) in [7, 11) is 1.56. The first-order valence-electron chi connectivity index (χ1n) is 9.69. The lowest BCUT2D eigenvalue weighted by molar-refractivity contribution is -0.123. The average Bonchev–Trinajstić information content (AvgIpc) is 2.74. The maximum absolute atomic E-state index is 12.9. The molecule has 0 aliphatic carbocycles. The van der Waals surface area contributed by atoms with Gasteiger partial charge >= 0.3 is 0 Å². The van der Waals surface area contributed by atoms with Crippen molar-refractivity contribution >= 4 is 29.3 Å². The van der Waals surface area contributed by atoms with Gasteiger partial charge in [-0.1, -0.05) is 0 Å². The third kappa shape index (κ3) is 3.94. The number of aromatic nitrogens is 2. The zero-order valence-electron chi connectivity index (χ0n) is 16.2. The molecule has 0 unspecified atom stereocenters. The molecule has 1 atom stereocenters. The van der Waals surface area contributed by atoms with Crippen LogP contribution in [0.2, 0.25) is 0 Å². The summed E-state index contributed by atoms with van der Waals surface area (Å²) in [6.45, 7) is 1.61. The van der Waals surface area contributed by atoms with Crippen LogP contribution in [0.5, 0.6) is 5.75 Å². The fourth-order valence-corrected chi connectivity index (χ4v) is 3.74. The van der Waals surface area contributed by atoms with Crippen molar-refractivity contribution < 1.29 is 14.3 Å². The molecular weight excluding hydrogens is 374 g/mol. The molecule has 1 saturated heterocycles. The number of carbonyl (C=O) groups excluding carboxylic acids is 2. The van der Waals surface area contributed by atoms with Gasteiger partial charge in [-0.3, -0.25) is 19.4 Å². The molecular formula is C20H23N5O4. The minimum Gasteiger partial charge on any atom is -0.497 e. The van der Waals surface area contributed by atoms with Gasteiger partial charge in [-0.05, 0) is 43.5 Å². The summed E-state index contributed by atoms with van der Waals surface area (Å²) in [4.78, 5) is 47.1. The Hall–Kier alpha value is -3.36. The molecule has 3 N–H and O–H groups in total. The molecule has 1 aromatic heterocycles. The maximum Gasteiger partial charge on any atom is 0.258 e. The number of ether oxygens (including phenoxy) is 1. The van der Waals surface area contributed by atoms with E-state index in [9.17, 15) is 14.4 Å². The second-order valence-electron chi connectivity index (χ2n) is 7.22. The van der Waals surface area contributed by atoms with Crippen LogP contribution in [0.4, 0.5) is 17.5 Å². The first-order chi connectivity index (χ1) is 14.0. The summed E-state index contributed by atoms with van der Waals surface area (Å²) in [6, 6.07) is 6.83. The normalized spacial score (nSPS) is 18.6. The highest BCUT2D eigenvalue weighted by molar-refractivity contribution is 6.04. The topological polar surface area (TPSA) is 116 Å². The molecule has 3 heterocycles. The highest BCUT2D eigenvalue weighted by Crippen LogP contribution is 2.30. The van der Waals surface area contributed by atoms with Gasteiger partial charge in [0.15, 0.2) is 0 Å². The predicted octanol–water partition coefficient (Wildman–Crippen LogP) is 1.83. The number of aromatic amines is 1. The minimum absolute atomic E-state index is 0.108. The van der Waals surface area contributed by atoms with Gasteiger partial charge in [-0.25, -0.2) is 0 Å². The van der Waals surface area contributed by atoms with Crippen LogP contribution in [0.3, 0.4) is 0 Å². The van der Waals surface area contributed by atoms with Crippen LogP contribution < -0.4 is 25.8 Å². The molecule has 0 radical (unpaired) electrons. The van der Waals surface area contributed by atoms with Crippen molar-refractivity contribution in [2.24, 2.45) is 0 Å². The number of benzene rings is 1. The standard InChI is InChI=1S/C20H23N5O4/c1-29-13-7-5-12(6-8-13)21-18(27)14-11-15(26)22-17-16(14)19(28)24-20(23-17)25-9-3-2-4-10-25/h5-8,14H,2-4,9-11H2,1H3,(H,21,27)(H2,22,23,24,26,28)/t14-/m1/s1. The number of H-pyrrole nitrogens is 1. The summed E-state index contributed by atoms with van der Waals surface area (Å²) in [6.07, 6.45) is 3.10. The van der Waals surface area contributed by atoms with E-state index in [1.165, 1.54) is 0 Å². The van der Waals surface area contributed by atoms with Gasteiger partial charge in [0, 0.05) is 25.2 Å². The van der Waals surface area contributed by atoms with E-state index < -0.39 is 17.4 Å². The lowest BCUT2D eigenvalue weighted by atomic mass is 9.92. The first kappa shape index (κ1) is 19.0. The molecule has 1 aromatic carbocycles. The Kier molecular flexibility index (Phi) is 5.20. The molecule has 9 heteroatoms. The summed E-state index contributed by atoms with van der Waals surface area (Å²) in [5.41, 5.74) is 0.347. The predicted molar refractivity (Wildman–Crippen MR) is 109 cm³/mol. The van der Waals surface area contributed by atoms with Crippen molar-refractivity contribution in [2.45, 2.75) is 31.6 Å². The van der Waals surface area contributed by atoms with E-state index in [1.807, 2.05) is 4.90 Å². The number of carbonyl (C=O) groups is 2. The van der Waals surface area contributed by atoms with Crippen molar-refractivity contribution in [1.29, 1.82) is 0 Å². The number of fused-ring (bicyclic) bond motifs is 1. The summed E-state index contributed by atoms with van der Waals surface area (Å²) < 4.78 is 5.10. The first-order valence-corrected chi connectivity index (χ1v) is 9.69. The van der Waals surface area contributed by atoms with Crippen LogP contribution >= 0.6 is 0 Å². The Morgan fingerprint density at radius 1 is 1.17 bits per heavy atom. The quantitative estimate of drug-likeness (QED) is 0.725. The van der Waals surface area contributed by atoms with E-state index in [0.29, 0.717) is 17.4 Å². The lowest BCUT2D eigenvalue weighted by Gasteiger charge is -2.29. The van der Waals surface area contributed by atoms with Gasteiger partial charge in [-0.2, -0.15) is 4.98 Å². The second-order valence-corrected chi connectivity index (χ2v) is 7.22. The molecule has 9 nitrogen and oxygen atoms in total. The maximum atomic E-state index is 12.9. The van der Waals surface area contributed by atoms with Crippen molar-refractivity contribution in [3.8, 4) is 5.75 Å². The molecule has 152 valence electrons. The number of amides is 2.